The lowest BCUT2D eigenvalue weighted by Crippen LogP contribution is -2.23. The second kappa shape index (κ2) is 4.89. The Labute approximate surface area is 109 Å². The number of aromatic nitrogens is 3. The fraction of sp³-hybridized carbons (Fsp3) is 0.0714. The lowest BCUT2D eigenvalue weighted by atomic mass is 10.1. The summed E-state index contributed by atoms with van der Waals surface area (Å²) in [6, 6.07) is 9.23. The Bertz CT molecular complexity index is 701. The maximum absolute atomic E-state index is 12.2. The van der Waals surface area contributed by atoms with Crippen LogP contribution in [0.5, 0.6) is 0 Å². The molecular weight excluding hydrogens is 240 g/mol. The number of carbonyl (C=O) groups excluding carboxylic acids is 1. The molecule has 1 amide bonds. The van der Waals surface area contributed by atoms with E-state index >= 15 is 0 Å². The highest BCUT2D eigenvalue weighted by molar-refractivity contribution is 6.06. The van der Waals surface area contributed by atoms with Gasteiger partial charge in [-0.15, -0.1) is 0 Å². The SMILES string of the molecule is O=C(NCc1ncc[nH]1)c1cccc2ncccc12. The van der Waals surface area contributed by atoms with Gasteiger partial charge in [0.25, 0.3) is 5.91 Å². The monoisotopic (exact) mass is 252 g/mol. The van der Waals surface area contributed by atoms with Crippen molar-refractivity contribution in [2.75, 3.05) is 0 Å². The summed E-state index contributed by atoms with van der Waals surface area (Å²) in [5.41, 5.74) is 1.44. The second-order valence-corrected chi connectivity index (χ2v) is 4.09. The fourth-order valence-corrected chi connectivity index (χ4v) is 1.96. The summed E-state index contributed by atoms with van der Waals surface area (Å²) in [5.74, 6) is 0.599. The van der Waals surface area contributed by atoms with Crippen LogP contribution in [-0.2, 0) is 6.54 Å². The number of nitrogens with one attached hydrogen (secondary N) is 2. The zero-order valence-corrected chi connectivity index (χ0v) is 10.1. The average Bonchev–Trinajstić information content (AvgIpc) is 2.97. The van der Waals surface area contributed by atoms with Gasteiger partial charge in [-0.3, -0.25) is 9.78 Å². The number of imidazole rings is 1. The summed E-state index contributed by atoms with van der Waals surface area (Å²) in [4.78, 5) is 23.4. The van der Waals surface area contributed by atoms with Crippen molar-refractivity contribution in [2.24, 2.45) is 0 Å². The number of hydrogen-bond acceptors (Lipinski definition) is 3. The first-order valence-electron chi connectivity index (χ1n) is 5.95. The number of carbonyl (C=O) groups is 1. The molecule has 0 radical (unpaired) electrons. The van der Waals surface area contributed by atoms with E-state index in [0.717, 1.165) is 16.7 Å². The fourth-order valence-electron chi connectivity index (χ4n) is 1.96. The Balaban J connectivity index is 1.85. The number of H-pyrrole nitrogens is 1. The summed E-state index contributed by atoms with van der Waals surface area (Å²) in [7, 11) is 0. The van der Waals surface area contributed by atoms with Gasteiger partial charge in [0.05, 0.1) is 12.1 Å². The Morgan fingerprint density at radius 3 is 2.95 bits per heavy atom. The standard InChI is InChI=1S/C14H12N4O/c19-14(18-9-13-16-7-8-17-13)11-3-1-5-12-10(11)4-2-6-15-12/h1-8H,9H2,(H,16,17)(H,18,19). The third-order valence-corrected chi connectivity index (χ3v) is 2.86. The van der Waals surface area contributed by atoms with Gasteiger partial charge in [-0.05, 0) is 18.2 Å². The Morgan fingerprint density at radius 1 is 1.16 bits per heavy atom. The van der Waals surface area contributed by atoms with Crippen molar-refractivity contribution in [2.45, 2.75) is 6.54 Å². The van der Waals surface area contributed by atoms with Crippen molar-refractivity contribution >= 4 is 16.8 Å². The zero-order chi connectivity index (χ0) is 13.1. The van der Waals surface area contributed by atoms with Crippen molar-refractivity contribution in [1.29, 1.82) is 0 Å². The Kier molecular flexibility index (Phi) is 2.94. The number of pyridine rings is 1. The molecule has 0 atom stereocenters. The molecule has 94 valence electrons. The molecule has 0 aliphatic rings. The molecule has 2 N–H and O–H groups in total. The summed E-state index contributed by atoms with van der Waals surface area (Å²) < 4.78 is 0. The summed E-state index contributed by atoms with van der Waals surface area (Å²) in [6.07, 6.45) is 5.10. The Hall–Kier alpha value is -2.69. The van der Waals surface area contributed by atoms with Crippen LogP contribution in [0.15, 0.2) is 48.9 Å². The van der Waals surface area contributed by atoms with Crippen molar-refractivity contribution in [3.05, 3.63) is 60.3 Å². The van der Waals surface area contributed by atoms with Crippen LogP contribution in [0.3, 0.4) is 0 Å². The van der Waals surface area contributed by atoms with Gasteiger partial charge in [-0.2, -0.15) is 0 Å². The smallest absolute Gasteiger partial charge is 0.252 e. The normalized spacial score (nSPS) is 10.5. The maximum atomic E-state index is 12.2. The molecule has 2 aromatic heterocycles. The molecule has 0 unspecified atom stereocenters. The van der Waals surface area contributed by atoms with Crippen molar-refractivity contribution < 1.29 is 4.79 Å². The number of aromatic amines is 1. The van der Waals surface area contributed by atoms with Gasteiger partial charge in [-0.25, -0.2) is 4.98 Å². The van der Waals surface area contributed by atoms with Crippen molar-refractivity contribution in [1.82, 2.24) is 20.3 Å². The molecule has 0 aliphatic heterocycles. The van der Waals surface area contributed by atoms with E-state index in [0.29, 0.717) is 12.1 Å². The van der Waals surface area contributed by atoms with Gasteiger partial charge in [0, 0.05) is 29.5 Å². The molecule has 1 aromatic carbocycles. The summed E-state index contributed by atoms with van der Waals surface area (Å²) >= 11 is 0. The minimum atomic E-state index is -0.130. The van der Waals surface area contributed by atoms with E-state index in [9.17, 15) is 4.79 Å². The molecular formula is C14H12N4O. The van der Waals surface area contributed by atoms with E-state index < -0.39 is 0 Å². The molecule has 0 saturated carbocycles. The van der Waals surface area contributed by atoms with E-state index in [4.69, 9.17) is 0 Å². The molecule has 3 aromatic rings. The van der Waals surface area contributed by atoms with Gasteiger partial charge in [0.15, 0.2) is 0 Å². The quantitative estimate of drug-likeness (QED) is 0.747. The van der Waals surface area contributed by atoms with Crippen molar-refractivity contribution in [3.8, 4) is 0 Å². The largest absolute Gasteiger partial charge is 0.347 e. The molecule has 0 aliphatic carbocycles. The molecule has 5 nitrogen and oxygen atoms in total. The topological polar surface area (TPSA) is 70.7 Å². The van der Waals surface area contributed by atoms with E-state index in [1.54, 1.807) is 24.7 Å². The minimum absolute atomic E-state index is 0.130. The molecule has 0 spiro atoms. The van der Waals surface area contributed by atoms with Gasteiger partial charge >= 0.3 is 0 Å². The van der Waals surface area contributed by atoms with Crippen LogP contribution in [0.2, 0.25) is 0 Å². The predicted octanol–water partition coefficient (Wildman–Crippen LogP) is 1.89. The Morgan fingerprint density at radius 2 is 2.11 bits per heavy atom. The lowest BCUT2D eigenvalue weighted by molar-refractivity contribution is 0.0951. The number of hydrogen-bond donors (Lipinski definition) is 2. The molecule has 5 heteroatoms. The summed E-state index contributed by atoms with van der Waals surface area (Å²) in [5, 5.41) is 3.68. The average molecular weight is 252 g/mol. The van der Waals surface area contributed by atoms with E-state index in [2.05, 4.69) is 20.3 Å². The second-order valence-electron chi connectivity index (χ2n) is 4.09. The van der Waals surface area contributed by atoms with Gasteiger partial charge in [0.1, 0.15) is 5.82 Å². The van der Waals surface area contributed by atoms with E-state index in [-0.39, 0.29) is 5.91 Å². The first-order chi connectivity index (χ1) is 9.34. The van der Waals surface area contributed by atoms with Gasteiger partial charge < -0.3 is 10.3 Å². The van der Waals surface area contributed by atoms with Crippen LogP contribution >= 0.6 is 0 Å². The molecule has 19 heavy (non-hydrogen) atoms. The van der Waals surface area contributed by atoms with E-state index in [1.807, 2.05) is 24.3 Å². The zero-order valence-electron chi connectivity index (χ0n) is 10.1. The predicted molar refractivity (Wildman–Crippen MR) is 71.5 cm³/mol. The number of rotatable bonds is 3. The molecule has 0 bridgehead atoms. The lowest BCUT2D eigenvalue weighted by Gasteiger charge is -2.06. The van der Waals surface area contributed by atoms with Crippen LogP contribution < -0.4 is 5.32 Å². The van der Waals surface area contributed by atoms with Crippen LogP contribution in [0.25, 0.3) is 10.9 Å². The van der Waals surface area contributed by atoms with Crippen LogP contribution in [-0.4, -0.2) is 20.9 Å². The number of fused-ring (bicyclic) bond motifs is 1. The highest BCUT2D eigenvalue weighted by atomic mass is 16.1. The third-order valence-electron chi connectivity index (χ3n) is 2.86. The van der Waals surface area contributed by atoms with Crippen molar-refractivity contribution in [3.63, 3.8) is 0 Å². The maximum Gasteiger partial charge on any atom is 0.252 e. The number of benzene rings is 1. The number of amides is 1. The minimum Gasteiger partial charge on any atom is -0.347 e. The van der Waals surface area contributed by atoms with Gasteiger partial charge in [0.2, 0.25) is 0 Å². The van der Waals surface area contributed by atoms with E-state index in [1.165, 1.54) is 0 Å². The van der Waals surface area contributed by atoms with Crippen LogP contribution in [0, 0.1) is 0 Å². The molecule has 3 rings (SSSR count). The highest BCUT2D eigenvalue weighted by Gasteiger charge is 2.09. The molecule has 2 heterocycles. The third kappa shape index (κ3) is 2.30. The highest BCUT2D eigenvalue weighted by Crippen LogP contribution is 2.16. The summed E-state index contributed by atoms with van der Waals surface area (Å²) in [6.45, 7) is 0.377. The van der Waals surface area contributed by atoms with Crippen LogP contribution in [0.1, 0.15) is 16.2 Å². The first-order valence-corrected chi connectivity index (χ1v) is 5.95. The molecule has 0 fully saturated rings. The van der Waals surface area contributed by atoms with Crippen LogP contribution in [0.4, 0.5) is 0 Å². The number of nitrogens with zero attached hydrogens (tertiary/aromatic N) is 2. The van der Waals surface area contributed by atoms with Gasteiger partial charge in [-0.1, -0.05) is 12.1 Å². The molecule has 0 saturated heterocycles. The first kappa shape index (κ1) is 11.4.